The van der Waals surface area contributed by atoms with E-state index < -0.39 is 36.4 Å². The maximum atomic E-state index is 12.8. The van der Waals surface area contributed by atoms with Gasteiger partial charge in [0.1, 0.15) is 5.00 Å². The monoisotopic (exact) mass is 454 g/mol. The molecule has 2 N–H and O–H groups in total. The maximum Gasteiger partial charge on any atom is 0.471 e. The van der Waals surface area contributed by atoms with Crippen molar-refractivity contribution < 1.29 is 32.3 Å². The Balaban J connectivity index is 1.80. The third-order valence-electron chi connectivity index (χ3n) is 4.81. The van der Waals surface area contributed by atoms with Crippen LogP contribution in [0.15, 0.2) is 30.3 Å². The quantitative estimate of drug-likeness (QED) is 0.616. The Morgan fingerprint density at radius 3 is 2.52 bits per heavy atom. The fourth-order valence-electron chi connectivity index (χ4n) is 3.45. The molecule has 1 atom stereocenters. The van der Waals surface area contributed by atoms with E-state index in [1.54, 1.807) is 25.1 Å². The van der Waals surface area contributed by atoms with Crippen molar-refractivity contribution in [3.05, 3.63) is 51.9 Å². The fourth-order valence-corrected chi connectivity index (χ4v) is 4.75. The van der Waals surface area contributed by atoms with Crippen LogP contribution in [-0.4, -0.2) is 30.6 Å². The van der Waals surface area contributed by atoms with Gasteiger partial charge in [-0.05, 0) is 37.3 Å². The van der Waals surface area contributed by atoms with E-state index in [1.807, 2.05) is 5.32 Å². The van der Waals surface area contributed by atoms with Gasteiger partial charge in [0.15, 0.2) is 0 Å². The molecule has 0 unspecified atom stereocenters. The molecule has 6 nitrogen and oxygen atoms in total. The number of benzene rings is 1. The molecule has 31 heavy (non-hydrogen) atoms. The first kappa shape index (κ1) is 22.8. The number of thiophene rings is 1. The molecule has 1 heterocycles. The zero-order valence-electron chi connectivity index (χ0n) is 16.7. The number of anilines is 1. The van der Waals surface area contributed by atoms with Crippen LogP contribution in [0, 0.1) is 0 Å². The predicted octanol–water partition coefficient (Wildman–Crippen LogP) is 4.16. The van der Waals surface area contributed by atoms with Gasteiger partial charge < -0.3 is 15.4 Å². The summed E-state index contributed by atoms with van der Waals surface area (Å²) < 4.78 is 43.4. The maximum absolute atomic E-state index is 12.8. The number of carbonyl (C=O) groups is 3. The number of aryl methyl sites for hydroxylation is 1. The summed E-state index contributed by atoms with van der Waals surface area (Å²) in [5, 5.41) is 4.83. The number of ether oxygens (including phenoxy) is 1. The minimum absolute atomic E-state index is 0.177. The van der Waals surface area contributed by atoms with Crippen LogP contribution >= 0.6 is 11.3 Å². The van der Waals surface area contributed by atoms with Gasteiger partial charge in [0.2, 0.25) is 5.91 Å². The molecule has 3 rings (SSSR count). The first-order chi connectivity index (χ1) is 14.7. The van der Waals surface area contributed by atoms with E-state index in [1.165, 1.54) is 23.5 Å². The number of nitrogens with one attached hydrogen (secondary N) is 2. The van der Waals surface area contributed by atoms with Crippen LogP contribution in [0.3, 0.4) is 0 Å². The number of esters is 1. The van der Waals surface area contributed by atoms with Crippen molar-refractivity contribution in [3.63, 3.8) is 0 Å². The van der Waals surface area contributed by atoms with Crippen LogP contribution in [-0.2, 0) is 27.2 Å². The molecular formula is C21H21F3N2O4S. The highest BCUT2D eigenvalue weighted by molar-refractivity contribution is 7.17. The fraction of sp³-hybridized carbons (Fsp3) is 0.381. The van der Waals surface area contributed by atoms with Crippen LogP contribution in [0.5, 0.6) is 0 Å². The lowest BCUT2D eigenvalue weighted by atomic mass is 10.0. The van der Waals surface area contributed by atoms with Gasteiger partial charge in [0, 0.05) is 4.88 Å². The second kappa shape index (κ2) is 9.51. The molecule has 1 aliphatic carbocycles. The van der Waals surface area contributed by atoms with Crippen LogP contribution in [0.2, 0.25) is 0 Å². The average molecular weight is 454 g/mol. The molecule has 166 valence electrons. The van der Waals surface area contributed by atoms with Crippen molar-refractivity contribution in [1.82, 2.24) is 5.32 Å². The second-order valence-electron chi connectivity index (χ2n) is 6.97. The summed E-state index contributed by atoms with van der Waals surface area (Å²) in [6.45, 7) is 1.85. The third kappa shape index (κ3) is 5.43. The minimum atomic E-state index is -5.07. The van der Waals surface area contributed by atoms with Crippen molar-refractivity contribution >= 4 is 34.1 Å². The number of hydrogen-bond donors (Lipinski definition) is 2. The predicted molar refractivity (Wildman–Crippen MR) is 109 cm³/mol. The summed E-state index contributed by atoms with van der Waals surface area (Å²) in [7, 11) is 0. The molecule has 0 saturated heterocycles. The molecule has 0 aliphatic heterocycles. The van der Waals surface area contributed by atoms with E-state index in [9.17, 15) is 27.6 Å². The van der Waals surface area contributed by atoms with Gasteiger partial charge in [0.25, 0.3) is 0 Å². The van der Waals surface area contributed by atoms with Crippen LogP contribution in [0.1, 0.15) is 52.2 Å². The summed E-state index contributed by atoms with van der Waals surface area (Å²) in [6.07, 6.45) is -3.12. The molecule has 2 aromatic rings. The van der Waals surface area contributed by atoms with E-state index in [2.05, 4.69) is 5.32 Å². The molecule has 1 aliphatic rings. The summed E-state index contributed by atoms with van der Waals surface area (Å²) in [4.78, 5) is 37.6. The highest BCUT2D eigenvalue weighted by Crippen LogP contribution is 2.39. The van der Waals surface area contributed by atoms with Gasteiger partial charge in [0.05, 0.1) is 24.6 Å². The Bertz CT molecular complexity index is 973. The number of amides is 2. The van der Waals surface area contributed by atoms with E-state index in [4.69, 9.17) is 4.74 Å². The largest absolute Gasteiger partial charge is 0.471 e. The second-order valence-corrected chi connectivity index (χ2v) is 8.07. The zero-order chi connectivity index (χ0) is 22.6. The number of carbonyl (C=O) groups excluding carboxylic acids is 3. The first-order valence-corrected chi connectivity index (χ1v) is 10.6. The Hall–Kier alpha value is -2.88. The van der Waals surface area contributed by atoms with Gasteiger partial charge in [-0.25, -0.2) is 4.79 Å². The number of fused-ring (bicyclic) bond motifs is 1. The zero-order valence-corrected chi connectivity index (χ0v) is 17.5. The molecule has 0 fully saturated rings. The van der Waals surface area contributed by atoms with Crippen LogP contribution in [0.25, 0.3) is 0 Å². The van der Waals surface area contributed by atoms with Crippen molar-refractivity contribution in [2.24, 2.45) is 0 Å². The number of halogens is 3. The van der Waals surface area contributed by atoms with Crippen LogP contribution in [0.4, 0.5) is 18.2 Å². The molecule has 1 aromatic carbocycles. The van der Waals surface area contributed by atoms with E-state index in [0.717, 1.165) is 23.3 Å². The Kier molecular flexibility index (Phi) is 6.99. The molecular weight excluding hydrogens is 433 g/mol. The molecule has 2 amide bonds. The van der Waals surface area contributed by atoms with Crippen molar-refractivity contribution in [2.75, 3.05) is 11.9 Å². The highest BCUT2D eigenvalue weighted by Gasteiger charge is 2.40. The molecule has 0 bridgehead atoms. The molecule has 0 saturated carbocycles. The van der Waals surface area contributed by atoms with Gasteiger partial charge in [-0.3, -0.25) is 9.59 Å². The summed E-state index contributed by atoms with van der Waals surface area (Å²) >= 11 is 1.27. The number of rotatable bonds is 7. The third-order valence-corrected chi connectivity index (χ3v) is 6.02. The Morgan fingerprint density at radius 1 is 1.16 bits per heavy atom. The SMILES string of the molecule is CCOC(=O)c1c(NC(=O)C[C@@H](NC(=O)C(F)(F)F)c2ccccc2)sc2c1CCC2. The van der Waals surface area contributed by atoms with E-state index in [-0.39, 0.29) is 6.61 Å². The number of alkyl halides is 3. The topological polar surface area (TPSA) is 84.5 Å². The lowest BCUT2D eigenvalue weighted by Crippen LogP contribution is -2.40. The minimum Gasteiger partial charge on any atom is -0.462 e. The standard InChI is InChI=1S/C21H21F3N2O4S/c1-2-30-19(28)17-13-9-6-10-15(13)31-18(17)26-16(27)11-14(12-7-4-3-5-8-12)25-20(29)21(22,23)24/h3-5,7-8,14H,2,6,9-11H2,1H3,(H,25,29)(H,26,27)/t14-/m1/s1. The molecule has 0 radical (unpaired) electrons. The normalized spacial score (nSPS) is 13.9. The lowest BCUT2D eigenvalue weighted by Gasteiger charge is -2.20. The summed E-state index contributed by atoms with van der Waals surface area (Å²) in [5.41, 5.74) is 1.52. The van der Waals surface area contributed by atoms with Crippen molar-refractivity contribution in [3.8, 4) is 0 Å². The Labute approximate surface area is 180 Å². The molecule has 0 spiro atoms. The highest BCUT2D eigenvalue weighted by atomic mass is 32.1. The van der Waals surface area contributed by atoms with Gasteiger partial charge in [-0.2, -0.15) is 13.2 Å². The first-order valence-electron chi connectivity index (χ1n) is 9.74. The summed E-state index contributed by atoms with van der Waals surface area (Å²) in [5.74, 6) is -3.29. The van der Waals surface area contributed by atoms with Crippen molar-refractivity contribution in [2.45, 2.75) is 44.8 Å². The average Bonchev–Trinajstić information content (AvgIpc) is 3.28. The van der Waals surface area contributed by atoms with E-state index >= 15 is 0 Å². The van der Waals surface area contributed by atoms with Gasteiger partial charge in [-0.1, -0.05) is 30.3 Å². The van der Waals surface area contributed by atoms with Crippen molar-refractivity contribution in [1.29, 1.82) is 0 Å². The Morgan fingerprint density at radius 2 is 1.87 bits per heavy atom. The molecule has 10 heteroatoms. The molecule has 1 aromatic heterocycles. The van der Waals surface area contributed by atoms with E-state index in [0.29, 0.717) is 22.5 Å². The lowest BCUT2D eigenvalue weighted by molar-refractivity contribution is -0.174. The van der Waals surface area contributed by atoms with Crippen LogP contribution < -0.4 is 10.6 Å². The summed E-state index contributed by atoms with van der Waals surface area (Å²) in [6, 6.07) is 6.74. The van der Waals surface area contributed by atoms with Gasteiger partial charge >= 0.3 is 18.1 Å². The smallest absolute Gasteiger partial charge is 0.462 e. The van der Waals surface area contributed by atoms with Gasteiger partial charge in [-0.15, -0.1) is 11.3 Å². The number of hydrogen-bond acceptors (Lipinski definition) is 5.